The molecule has 10 rings (SSSR count). The van der Waals surface area contributed by atoms with Crippen LogP contribution in [0.3, 0.4) is 0 Å². The van der Waals surface area contributed by atoms with E-state index >= 15 is 0 Å². The van der Waals surface area contributed by atoms with E-state index in [1.807, 2.05) is 24.3 Å². The van der Waals surface area contributed by atoms with Gasteiger partial charge in [-0.25, -0.2) is 0 Å². The Morgan fingerprint density at radius 2 is 1.02 bits per heavy atom. The van der Waals surface area contributed by atoms with Gasteiger partial charge < -0.3 is 14.0 Å². The van der Waals surface area contributed by atoms with Crippen molar-refractivity contribution in [1.82, 2.24) is 4.57 Å². The highest BCUT2D eigenvalue weighted by Crippen LogP contribution is 2.55. The molecule has 2 heterocycles. The lowest BCUT2D eigenvalue weighted by molar-refractivity contribution is 0.359. The van der Waals surface area contributed by atoms with Gasteiger partial charge in [-0.15, -0.1) is 0 Å². The Morgan fingerprint density at radius 1 is 0.417 bits per heavy atom. The standard InChI is InChI=1S/C45H31NO2/c1-45(2)37-25-31(19-21-33(37)35-26-43-44(27-38(35)45)48-42-18-9-8-17-41(42)47-43)29-12-10-11-28(23-29)30-20-22-40-36(24-30)34-15-6-7-16-39(34)46(40)32-13-4-3-5-14-32/h3-27H,1-2H3. The number of fused-ring (bicyclic) bond motifs is 8. The summed E-state index contributed by atoms with van der Waals surface area (Å²) in [7, 11) is 0. The average molecular weight is 618 g/mol. The van der Waals surface area contributed by atoms with Gasteiger partial charge >= 0.3 is 0 Å². The molecule has 0 radical (unpaired) electrons. The van der Waals surface area contributed by atoms with Crippen LogP contribution in [0.5, 0.6) is 23.0 Å². The summed E-state index contributed by atoms with van der Waals surface area (Å²) in [5.41, 5.74) is 13.3. The van der Waals surface area contributed by atoms with E-state index in [1.165, 1.54) is 72.0 Å². The van der Waals surface area contributed by atoms with Gasteiger partial charge in [-0.05, 0) is 111 Å². The maximum atomic E-state index is 6.29. The zero-order valence-electron chi connectivity index (χ0n) is 26.7. The van der Waals surface area contributed by atoms with Gasteiger partial charge in [-0.3, -0.25) is 0 Å². The molecule has 48 heavy (non-hydrogen) atoms. The number of aromatic nitrogens is 1. The molecule has 1 aromatic heterocycles. The minimum atomic E-state index is -0.189. The zero-order valence-corrected chi connectivity index (χ0v) is 26.7. The van der Waals surface area contributed by atoms with Crippen LogP contribution in [0.25, 0.3) is 60.9 Å². The van der Waals surface area contributed by atoms with Crippen molar-refractivity contribution in [2.24, 2.45) is 0 Å². The van der Waals surface area contributed by atoms with Crippen molar-refractivity contribution in [2.45, 2.75) is 19.3 Å². The molecular weight excluding hydrogens is 587 g/mol. The van der Waals surface area contributed by atoms with Gasteiger partial charge in [0.2, 0.25) is 0 Å². The summed E-state index contributed by atoms with van der Waals surface area (Å²) in [6, 6.07) is 54.2. The molecule has 0 spiro atoms. The summed E-state index contributed by atoms with van der Waals surface area (Å²) in [6.45, 7) is 4.62. The van der Waals surface area contributed by atoms with Gasteiger partial charge in [0.15, 0.2) is 23.0 Å². The summed E-state index contributed by atoms with van der Waals surface area (Å²) in [5, 5.41) is 2.52. The van der Waals surface area contributed by atoms with Gasteiger partial charge in [0.25, 0.3) is 0 Å². The van der Waals surface area contributed by atoms with E-state index in [2.05, 4.69) is 146 Å². The highest BCUT2D eigenvalue weighted by molar-refractivity contribution is 6.10. The van der Waals surface area contributed by atoms with E-state index < -0.39 is 0 Å². The molecule has 0 fully saturated rings. The van der Waals surface area contributed by atoms with E-state index in [9.17, 15) is 0 Å². The molecule has 228 valence electrons. The maximum Gasteiger partial charge on any atom is 0.170 e. The number of hydrogen-bond acceptors (Lipinski definition) is 2. The average Bonchev–Trinajstić information content (AvgIpc) is 3.57. The smallest absolute Gasteiger partial charge is 0.170 e. The predicted molar refractivity (Wildman–Crippen MR) is 196 cm³/mol. The molecule has 3 nitrogen and oxygen atoms in total. The van der Waals surface area contributed by atoms with Gasteiger partial charge in [0.1, 0.15) is 0 Å². The van der Waals surface area contributed by atoms with Crippen LogP contribution in [-0.4, -0.2) is 4.57 Å². The molecule has 0 unspecified atom stereocenters. The third-order valence-corrected chi connectivity index (χ3v) is 10.2. The first-order valence-corrected chi connectivity index (χ1v) is 16.5. The summed E-state index contributed by atoms with van der Waals surface area (Å²) >= 11 is 0. The van der Waals surface area contributed by atoms with Crippen LogP contribution in [0.4, 0.5) is 0 Å². The maximum absolute atomic E-state index is 6.29. The van der Waals surface area contributed by atoms with Crippen LogP contribution in [0.2, 0.25) is 0 Å². The van der Waals surface area contributed by atoms with E-state index in [4.69, 9.17) is 9.47 Å². The topological polar surface area (TPSA) is 23.4 Å². The Kier molecular flexibility index (Phi) is 5.63. The number of benzene rings is 7. The SMILES string of the molecule is CC1(C)c2cc(-c3cccc(-c4ccc5c(c4)c4ccccc4n5-c4ccccc4)c3)ccc2-c2cc3c(cc21)Oc1ccccc1O3. The molecule has 1 aliphatic heterocycles. The number of rotatable bonds is 3. The Morgan fingerprint density at radius 3 is 1.81 bits per heavy atom. The van der Waals surface area contributed by atoms with Crippen LogP contribution in [0, 0.1) is 0 Å². The molecule has 0 N–H and O–H groups in total. The molecule has 0 atom stereocenters. The lowest BCUT2D eigenvalue weighted by Crippen LogP contribution is -2.15. The van der Waals surface area contributed by atoms with Crippen molar-refractivity contribution >= 4 is 21.8 Å². The molecule has 0 amide bonds. The molecule has 0 saturated heterocycles. The quantitative estimate of drug-likeness (QED) is 0.197. The second kappa shape index (κ2) is 9.97. The van der Waals surface area contributed by atoms with Crippen molar-refractivity contribution in [3.63, 3.8) is 0 Å². The first kappa shape index (κ1) is 27.1. The van der Waals surface area contributed by atoms with Crippen LogP contribution < -0.4 is 9.47 Å². The van der Waals surface area contributed by atoms with Crippen molar-refractivity contribution in [1.29, 1.82) is 0 Å². The second-order valence-corrected chi connectivity index (χ2v) is 13.4. The lowest BCUT2D eigenvalue weighted by atomic mass is 9.81. The molecule has 0 saturated carbocycles. The molecule has 7 aromatic carbocycles. The number of nitrogens with zero attached hydrogens (tertiary/aromatic N) is 1. The molecule has 2 aliphatic rings. The third kappa shape index (κ3) is 3.94. The minimum Gasteiger partial charge on any atom is -0.450 e. The van der Waals surface area contributed by atoms with Crippen LogP contribution in [0.1, 0.15) is 25.0 Å². The Bertz CT molecular complexity index is 2590. The summed E-state index contributed by atoms with van der Waals surface area (Å²) < 4.78 is 14.9. The van der Waals surface area contributed by atoms with Crippen LogP contribution >= 0.6 is 0 Å². The van der Waals surface area contributed by atoms with Gasteiger partial charge in [0, 0.05) is 21.9 Å². The van der Waals surface area contributed by atoms with Crippen LogP contribution in [0.15, 0.2) is 152 Å². The zero-order chi connectivity index (χ0) is 32.0. The van der Waals surface area contributed by atoms with E-state index in [0.717, 1.165) is 23.0 Å². The van der Waals surface area contributed by atoms with Gasteiger partial charge in [-0.1, -0.05) is 98.8 Å². The first-order valence-electron chi connectivity index (χ1n) is 16.5. The third-order valence-electron chi connectivity index (χ3n) is 10.2. The predicted octanol–water partition coefficient (Wildman–Crippen LogP) is 12.3. The lowest BCUT2D eigenvalue weighted by Gasteiger charge is -2.25. The summed E-state index contributed by atoms with van der Waals surface area (Å²) in [4.78, 5) is 0. The highest BCUT2D eigenvalue weighted by Gasteiger charge is 2.38. The molecule has 1 aliphatic carbocycles. The Labute approximate surface area is 279 Å². The summed E-state index contributed by atoms with van der Waals surface area (Å²) in [6.07, 6.45) is 0. The first-order chi connectivity index (χ1) is 23.5. The second-order valence-electron chi connectivity index (χ2n) is 13.4. The Balaban J connectivity index is 1.04. The minimum absolute atomic E-state index is 0.189. The van der Waals surface area contributed by atoms with E-state index in [0.29, 0.717) is 0 Å². The fourth-order valence-corrected chi connectivity index (χ4v) is 7.82. The number of para-hydroxylation sites is 4. The van der Waals surface area contributed by atoms with Gasteiger partial charge in [0.05, 0.1) is 11.0 Å². The van der Waals surface area contributed by atoms with Gasteiger partial charge in [-0.2, -0.15) is 0 Å². The Hall–Kier alpha value is -6.06. The number of hydrogen-bond donors (Lipinski definition) is 0. The van der Waals surface area contributed by atoms with Crippen LogP contribution in [-0.2, 0) is 5.41 Å². The van der Waals surface area contributed by atoms with E-state index in [-0.39, 0.29) is 5.41 Å². The fraction of sp³-hybridized carbons (Fsp3) is 0.0667. The molecular formula is C45H31NO2. The molecule has 8 aromatic rings. The summed E-state index contributed by atoms with van der Waals surface area (Å²) in [5.74, 6) is 3.03. The van der Waals surface area contributed by atoms with Crippen molar-refractivity contribution in [2.75, 3.05) is 0 Å². The molecule has 3 heteroatoms. The molecule has 0 bridgehead atoms. The number of ether oxygens (including phenoxy) is 2. The van der Waals surface area contributed by atoms with Crippen molar-refractivity contribution < 1.29 is 9.47 Å². The largest absolute Gasteiger partial charge is 0.450 e. The highest BCUT2D eigenvalue weighted by atomic mass is 16.6. The fourth-order valence-electron chi connectivity index (χ4n) is 7.82. The monoisotopic (exact) mass is 617 g/mol. The van der Waals surface area contributed by atoms with Crippen molar-refractivity contribution in [3.05, 3.63) is 163 Å². The normalized spacial score (nSPS) is 13.7. The van der Waals surface area contributed by atoms with Crippen molar-refractivity contribution in [3.8, 4) is 62.1 Å². The van der Waals surface area contributed by atoms with E-state index in [1.54, 1.807) is 0 Å².